The molecule has 0 amide bonds. The molecule has 76 valence electrons. The molecule has 1 aromatic rings. The third-order valence-corrected chi connectivity index (χ3v) is 3.20. The van der Waals surface area contributed by atoms with Gasteiger partial charge in [0.25, 0.3) is 0 Å². The number of aryl methyl sites for hydroxylation is 1. The van der Waals surface area contributed by atoms with Gasteiger partial charge < -0.3 is 10.8 Å². The number of fused-ring (bicyclic) bond motifs is 1. The quantitative estimate of drug-likeness (QED) is 0.711. The van der Waals surface area contributed by atoms with E-state index in [4.69, 9.17) is 5.73 Å². The summed E-state index contributed by atoms with van der Waals surface area (Å²) in [5, 5.41) is 9.38. The van der Waals surface area contributed by atoms with Gasteiger partial charge in [-0.2, -0.15) is 0 Å². The fourth-order valence-electron chi connectivity index (χ4n) is 2.22. The monoisotopic (exact) mass is 191 g/mol. The summed E-state index contributed by atoms with van der Waals surface area (Å²) in [6.45, 7) is 2.07. The van der Waals surface area contributed by atoms with E-state index in [2.05, 4.69) is 6.92 Å². The van der Waals surface area contributed by atoms with Gasteiger partial charge in [0.2, 0.25) is 0 Å². The van der Waals surface area contributed by atoms with Gasteiger partial charge in [0.05, 0.1) is 0 Å². The number of phenols is 1. The first kappa shape index (κ1) is 9.53. The van der Waals surface area contributed by atoms with Crippen molar-refractivity contribution in [3.8, 4) is 5.75 Å². The summed E-state index contributed by atoms with van der Waals surface area (Å²) >= 11 is 0. The molecule has 2 nitrogen and oxygen atoms in total. The Morgan fingerprint density at radius 2 is 2.21 bits per heavy atom. The second-order valence-corrected chi connectivity index (χ2v) is 4.32. The van der Waals surface area contributed by atoms with Crippen molar-refractivity contribution in [3.63, 3.8) is 0 Å². The molecule has 0 spiro atoms. The summed E-state index contributed by atoms with van der Waals surface area (Å²) in [7, 11) is 0. The minimum absolute atomic E-state index is 0.255. The van der Waals surface area contributed by atoms with Crippen molar-refractivity contribution in [3.05, 3.63) is 29.3 Å². The van der Waals surface area contributed by atoms with Crippen LogP contribution in [0.1, 0.15) is 24.5 Å². The van der Waals surface area contributed by atoms with Gasteiger partial charge in [-0.3, -0.25) is 0 Å². The highest BCUT2D eigenvalue weighted by molar-refractivity contribution is 5.36. The minimum atomic E-state index is 0.255. The van der Waals surface area contributed by atoms with Crippen molar-refractivity contribution in [2.24, 2.45) is 11.7 Å². The Bertz CT molecular complexity index is 333. The van der Waals surface area contributed by atoms with E-state index in [0.717, 1.165) is 12.8 Å². The van der Waals surface area contributed by atoms with E-state index in [-0.39, 0.29) is 6.04 Å². The van der Waals surface area contributed by atoms with Gasteiger partial charge in [-0.1, -0.05) is 6.07 Å². The zero-order valence-electron chi connectivity index (χ0n) is 8.53. The minimum Gasteiger partial charge on any atom is -0.508 e. The van der Waals surface area contributed by atoms with Gasteiger partial charge in [-0.15, -0.1) is 0 Å². The molecule has 14 heavy (non-hydrogen) atoms. The molecule has 2 atom stereocenters. The Hall–Kier alpha value is -1.02. The highest BCUT2D eigenvalue weighted by Gasteiger charge is 2.21. The number of hydrogen-bond donors (Lipinski definition) is 2. The largest absolute Gasteiger partial charge is 0.508 e. The lowest BCUT2D eigenvalue weighted by atomic mass is 9.81. The van der Waals surface area contributed by atoms with Crippen molar-refractivity contribution < 1.29 is 5.11 Å². The molecule has 1 aliphatic rings. The van der Waals surface area contributed by atoms with Crippen LogP contribution in [0.4, 0.5) is 0 Å². The van der Waals surface area contributed by atoms with Crippen LogP contribution in [0.2, 0.25) is 0 Å². The molecule has 0 aliphatic heterocycles. The van der Waals surface area contributed by atoms with Gasteiger partial charge in [0.1, 0.15) is 5.75 Å². The lowest BCUT2D eigenvalue weighted by Gasteiger charge is -2.27. The maximum absolute atomic E-state index is 9.38. The highest BCUT2D eigenvalue weighted by Crippen LogP contribution is 2.29. The van der Waals surface area contributed by atoms with Gasteiger partial charge in [0.15, 0.2) is 0 Å². The molecule has 1 aliphatic carbocycles. The molecule has 0 aromatic heterocycles. The summed E-state index contributed by atoms with van der Waals surface area (Å²) in [6, 6.07) is 5.93. The SMILES string of the molecule is CC(N)C1CCc2ccc(O)cc2C1. The van der Waals surface area contributed by atoms with Gasteiger partial charge in [-0.25, -0.2) is 0 Å². The van der Waals surface area contributed by atoms with Crippen LogP contribution in [0, 0.1) is 5.92 Å². The molecule has 0 heterocycles. The van der Waals surface area contributed by atoms with Gasteiger partial charge in [-0.05, 0) is 55.4 Å². The van der Waals surface area contributed by atoms with Crippen LogP contribution < -0.4 is 5.73 Å². The van der Waals surface area contributed by atoms with Crippen LogP contribution >= 0.6 is 0 Å². The Morgan fingerprint density at radius 1 is 1.43 bits per heavy atom. The Balaban J connectivity index is 2.24. The fraction of sp³-hybridized carbons (Fsp3) is 0.500. The maximum atomic E-state index is 9.38. The second kappa shape index (κ2) is 3.62. The molecule has 2 heteroatoms. The number of nitrogens with two attached hydrogens (primary N) is 1. The first-order chi connectivity index (χ1) is 6.66. The summed E-state index contributed by atoms with van der Waals surface area (Å²) in [5.41, 5.74) is 8.55. The zero-order valence-corrected chi connectivity index (χ0v) is 8.53. The Morgan fingerprint density at radius 3 is 2.93 bits per heavy atom. The van der Waals surface area contributed by atoms with Crippen molar-refractivity contribution in [1.82, 2.24) is 0 Å². The van der Waals surface area contributed by atoms with Crippen molar-refractivity contribution in [2.75, 3.05) is 0 Å². The van der Waals surface area contributed by atoms with E-state index in [1.54, 1.807) is 6.07 Å². The van der Waals surface area contributed by atoms with E-state index in [1.807, 2.05) is 12.1 Å². The number of phenolic OH excluding ortho intramolecular Hbond substituents is 1. The molecule has 2 rings (SSSR count). The number of rotatable bonds is 1. The lowest BCUT2D eigenvalue weighted by Crippen LogP contribution is -2.31. The highest BCUT2D eigenvalue weighted by atomic mass is 16.3. The van der Waals surface area contributed by atoms with Crippen LogP contribution in [0.3, 0.4) is 0 Å². The van der Waals surface area contributed by atoms with Crippen molar-refractivity contribution in [1.29, 1.82) is 0 Å². The molecule has 0 bridgehead atoms. The predicted octanol–water partition coefficient (Wildman–Crippen LogP) is 1.84. The summed E-state index contributed by atoms with van der Waals surface area (Å²) in [4.78, 5) is 0. The fourth-order valence-corrected chi connectivity index (χ4v) is 2.22. The van der Waals surface area contributed by atoms with E-state index < -0.39 is 0 Å². The van der Waals surface area contributed by atoms with E-state index >= 15 is 0 Å². The smallest absolute Gasteiger partial charge is 0.115 e. The molecular weight excluding hydrogens is 174 g/mol. The molecule has 3 N–H and O–H groups in total. The molecule has 2 unspecified atom stereocenters. The molecular formula is C12H17NO. The number of benzene rings is 1. The van der Waals surface area contributed by atoms with E-state index in [0.29, 0.717) is 11.7 Å². The van der Waals surface area contributed by atoms with E-state index in [9.17, 15) is 5.11 Å². The molecule has 0 saturated carbocycles. The first-order valence-electron chi connectivity index (χ1n) is 5.23. The molecule has 0 saturated heterocycles. The van der Waals surface area contributed by atoms with Crippen LogP contribution in [0.25, 0.3) is 0 Å². The molecule has 0 radical (unpaired) electrons. The number of aromatic hydroxyl groups is 1. The average molecular weight is 191 g/mol. The van der Waals surface area contributed by atoms with Crippen LogP contribution in [0.5, 0.6) is 5.75 Å². The second-order valence-electron chi connectivity index (χ2n) is 4.32. The number of hydrogen-bond acceptors (Lipinski definition) is 2. The maximum Gasteiger partial charge on any atom is 0.115 e. The van der Waals surface area contributed by atoms with Crippen molar-refractivity contribution in [2.45, 2.75) is 32.2 Å². The van der Waals surface area contributed by atoms with E-state index in [1.165, 1.54) is 17.5 Å². The Kier molecular flexibility index (Phi) is 2.46. The van der Waals surface area contributed by atoms with Crippen LogP contribution in [0.15, 0.2) is 18.2 Å². The third-order valence-electron chi connectivity index (χ3n) is 3.20. The molecule has 0 fully saturated rings. The lowest BCUT2D eigenvalue weighted by molar-refractivity contribution is 0.391. The standard InChI is InChI=1S/C12H17NO/c1-8(13)10-3-2-9-4-5-12(14)7-11(9)6-10/h4-5,7-8,10,14H,2-3,6,13H2,1H3. The summed E-state index contributed by atoms with van der Waals surface area (Å²) in [5.74, 6) is 0.943. The topological polar surface area (TPSA) is 46.2 Å². The average Bonchev–Trinajstić information content (AvgIpc) is 2.16. The normalized spacial score (nSPS) is 22.9. The Labute approximate surface area is 84.7 Å². The predicted molar refractivity (Wildman–Crippen MR) is 57.3 cm³/mol. The zero-order chi connectivity index (χ0) is 10.1. The summed E-state index contributed by atoms with van der Waals surface area (Å²) in [6.07, 6.45) is 3.29. The summed E-state index contributed by atoms with van der Waals surface area (Å²) < 4.78 is 0. The van der Waals surface area contributed by atoms with Crippen molar-refractivity contribution >= 4 is 0 Å². The van der Waals surface area contributed by atoms with Gasteiger partial charge in [0, 0.05) is 6.04 Å². The van der Waals surface area contributed by atoms with Crippen LogP contribution in [-0.4, -0.2) is 11.1 Å². The third kappa shape index (κ3) is 1.75. The van der Waals surface area contributed by atoms with Gasteiger partial charge >= 0.3 is 0 Å². The first-order valence-corrected chi connectivity index (χ1v) is 5.23. The van der Waals surface area contributed by atoms with Crippen LogP contribution in [-0.2, 0) is 12.8 Å². The molecule has 1 aromatic carbocycles.